The fourth-order valence-corrected chi connectivity index (χ4v) is 1.41. The van der Waals surface area contributed by atoms with Crippen molar-refractivity contribution in [3.8, 4) is 0 Å². The normalized spacial score (nSPS) is 15.8. The molecule has 0 aromatic carbocycles. The number of aromatic nitrogens is 2. The Kier molecular flexibility index (Phi) is 3.69. The van der Waals surface area contributed by atoms with Crippen molar-refractivity contribution in [2.24, 2.45) is 5.92 Å². The maximum Gasteiger partial charge on any atom is 0.240 e. The zero-order valence-electron chi connectivity index (χ0n) is 9.12. The first kappa shape index (κ1) is 10.6. The molecule has 84 valence electrons. The van der Waals surface area contributed by atoms with Gasteiger partial charge in [-0.3, -0.25) is 0 Å². The third kappa shape index (κ3) is 3.97. The third-order valence-electron chi connectivity index (χ3n) is 2.45. The van der Waals surface area contributed by atoms with Gasteiger partial charge in [0.15, 0.2) is 5.82 Å². The SMILES string of the molecule is Cc1noc(CNCCNCC2CC2)n1. The van der Waals surface area contributed by atoms with E-state index in [0.29, 0.717) is 18.3 Å². The van der Waals surface area contributed by atoms with Crippen molar-refractivity contribution in [2.75, 3.05) is 19.6 Å². The predicted molar refractivity (Wildman–Crippen MR) is 56.3 cm³/mol. The molecule has 1 aromatic rings. The van der Waals surface area contributed by atoms with Crippen LogP contribution in [0.4, 0.5) is 0 Å². The lowest BCUT2D eigenvalue weighted by molar-refractivity contribution is 0.364. The van der Waals surface area contributed by atoms with Gasteiger partial charge in [-0.15, -0.1) is 0 Å². The van der Waals surface area contributed by atoms with Gasteiger partial charge in [-0.25, -0.2) is 0 Å². The lowest BCUT2D eigenvalue weighted by atomic mass is 10.4. The summed E-state index contributed by atoms with van der Waals surface area (Å²) in [6.45, 7) is 5.59. The number of aryl methyl sites for hydroxylation is 1. The summed E-state index contributed by atoms with van der Waals surface area (Å²) >= 11 is 0. The first-order valence-corrected chi connectivity index (χ1v) is 5.55. The Morgan fingerprint density at radius 1 is 1.33 bits per heavy atom. The Morgan fingerprint density at radius 3 is 2.80 bits per heavy atom. The highest BCUT2D eigenvalue weighted by Gasteiger charge is 2.19. The summed E-state index contributed by atoms with van der Waals surface area (Å²) in [5, 5.41) is 10.4. The lowest BCUT2D eigenvalue weighted by Crippen LogP contribution is -2.28. The minimum absolute atomic E-state index is 0.659. The molecule has 1 saturated carbocycles. The van der Waals surface area contributed by atoms with Gasteiger partial charge in [-0.1, -0.05) is 5.16 Å². The minimum Gasteiger partial charge on any atom is -0.338 e. The quantitative estimate of drug-likeness (QED) is 0.640. The standard InChI is InChI=1S/C10H18N4O/c1-8-13-10(15-14-8)7-12-5-4-11-6-9-2-3-9/h9,11-12H,2-7H2,1H3. The van der Waals surface area contributed by atoms with E-state index >= 15 is 0 Å². The van der Waals surface area contributed by atoms with E-state index in [1.807, 2.05) is 6.92 Å². The minimum atomic E-state index is 0.659. The highest BCUT2D eigenvalue weighted by molar-refractivity contribution is 4.81. The van der Waals surface area contributed by atoms with Crippen LogP contribution in [0.3, 0.4) is 0 Å². The molecule has 1 heterocycles. The molecule has 15 heavy (non-hydrogen) atoms. The van der Waals surface area contributed by atoms with Crippen LogP contribution >= 0.6 is 0 Å². The molecule has 2 N–H and O–H groups in total. The van der Waals surface area contributed by atoms with Crippen LogP contribution in [0.5, 0.6) is 0 Å². The summed E-state index contributed by atoms with van der Waals surface area (Å²) in [6, 6.07) is 0. The summed E-state index contributed by atoms with van der Waals surface area (Å²) < 4.78 is 4.98. The van der Waals surface area contributed by atoms with Crippen LogP contribution in [0.2, 0.25) is 0 Å². The van der Waals surface area contributed by atoms with Gasteiger partial charge in [0.25, 0.3) is 0 Å². The Labute approximate surface area is 89.6 Å². The molecule has 0 bridgehead atoms. The number of rotatable bonds is 7. The Hall–Kier alpha value is -0.940. The van der Waals surface area contributed by atoms with E-state index < -0.39 is 0 Å². The molecule has 0 amide bonds. The van der Waals surface area contributed by atoms with Gasteiger partial charge in [-0.05, 0) is 32.2 Å². The van der Waals surface area contributed by atoms with Crippen LogP contribution in [0, 0.1) is 12.8 Å². The Morgan fingerprint density at radius 2 is 2.13 bits per heavy atom. The molecular formula is C10H18N4O. The van der Waals surface area contributed by atoms with E-state index in [2.05, 4.69) is 20.8 Å². The predicted octanol–water partition coefficient (Wildman–Crippen LogP) is 0.467. The van der Waals surface area contributed by atoms with Crippen LogP contribution in [0.15, 0.2) is 4.52 Å². The Balaban J connectivity index is 1.47. The third-order valence-corrected chi connectivity index (χ3v) is 2.45. The maximum absolute atomic E-state index is 4.98. The smallest absolute Gasteiger partial charge is 0.240 e. The highest BCUT2D eigenvalue weighted by atomic mass is 16.5. The van der Waals surface area contributed by atoms with E-state index in [9.17, 15) is 0 Å². The molecule has 1 aliphatic carbocycles. The second kappa shape index (κ2) is 5.23. The van der Waals surface area contributed by atoms with Gasteiger partial charge in [0.1, 0.15) is 0 Å². The summed E-state index contributed by atoms with van der Waals surface area (Å²) in [4.78, 5) is 4.11. The molecule has 5 nitrogen and oxygen atoms in total. The summed E-state index contributed by atoms with van der Waals surface area (Å²) in [5.74, 6) is 2.30. The van der Waals surface area contributed by atoms with E-state index in [-0.39, 0.29) is 0 Å². The van der Waals surface area contributed by atoms with Crippen LogP contribution in [0.25, 0.3) is 0 Å². The molecule has 1 aliphatic rings. The summed E-state index contributed by atoms with van der Waals surface area (Å²) in [5.41, 5.74) is 0. The molecule has 0 aliphatic heterocycles. The van der Waals surface area contributed by atoms with Crippen LogP contribution < -0.4 is 10.6 Å². The number of hydrogen-bond acceptors (Lipinski definition) is 5. The average Bonchev–Trinajstić information content (AvgIpc) is 2.95. The molecule has 0 atom stereocenters. The monoisotopic (exact) mass is 210 g/mol. The zero-order chi connectivity index (χ0) is 10.5. The lowest BCUT2D eigenvalue weighted by Gasteiger charge is -2.03. The van der Waals surface area contributed by atoms with Crippen LogP contribution in [-0.4, -0.2) is 29.8 Å². The van der Waals surface area contributed by atoms with Gasteiger partial charge in [-0.2, -0.15) is 4.98 Å². The molecule has 0 radical (unpaired) electrons. The highest BCUT2D eigenvalue weighted by Crippen LogP contribution is 2.27. The molecule has 1 aromatic heterocycles. The van der Waals surface area contributed by atoms with Gasteiger partial charge in [0, 0.05) is 13.1 Å². The van der Waals surface area contributed by atoms with E-state index in [1.165, 1.54) is 19.4 Å². The second-order valence-corrected chi connectivity index (χ2v) is 4.06. The number of hydrogen-bond donors (Lipinski definition) is 2. The first-order chi connectivity index (χ1) is 7.34. The molecule has 0 saturated heterocycles. The van der Waals surface area contributed by atoms with E-state index in [0.717, 1.165) is 19.0 Å². The Bertz CT molecular complexity index is 295. The van der Waals surface area contributed by atoms with Crippen LogP contribution in [0.1, 0.15) is 24.6 Å². The first-order valence-electron chi connectivity index (χ1n) is 5.55. The molecule has 2 rings (SSSR count). The van der Waals surface area contributed by atoms with E-state index in [4.69, 9.17) is 4.52 Å². The van der Waals surface area contributed by atoms with Crippen molar-refractivity contribution < 1.29 is 4.52 Å². The summed E-state index contributed by atoms with van der Waals surface area (Å²) in [6.07, 6.45) is 2.81. The second-order valence-electron chi connectivity index (χ2n) is 4.06. The molecule has 1 fully saturated rings. The van der Waals surface area contributed by atoms with Crippen molar-refractivity contribution in [1.29, 1.82) is 0 Å². The van der Waals surface area contributed by atoms with Crippen molar-refractivity contribution in [3.63, 3.8) is 0 Å². The average molecular weight is 210 g/mol. The van der Waals surface area contributed by atoms with Crippen molar-refractivity contribution in [3.05, 3.63) is 11.7 Å². The molecule has 0 unspecified atom stereocenters. The fourth-order valence-electron chi connectivity index (χ4n) is 1.41. The van der Waals surface area contributed by atoms with Crippen molar-refractivity contribution in [1.82, 2.24) is 20.8 Å². The number of nitrogens with one attached hydrogen (secondary N) is 2. The number of nitrogens with zero attached hydrogens (tertiary/aromatic N) is 2. The molecule has 0 spiro atoms. The van der Waals surface area contributed by atoms with Gasteiger partial charge >= 0.3 is 0 Å². The van der Waals surface area contributed by atoms with Crippen molar-refractivity contribution >= 4 is 0 Å². The van der Waals surface area contributed by atoms with Crippen LogP contribution in [-0.2, 0) is 6.54 Å². The van der Waals surface area contributed by atoms with Gasteiger partial charge in [0.2, 0.25) is 5.89 Å². The largest absolute Gasteiger partial charge is 0.338 e. The van der Waals surface area contributed by atoms with E-state index in [1.54, 1.807) is 0 Å². The van der Waals surface area contributed by atoms with Crippen molar-refractivity contribution in [2.45, 2.75) is 26.3 Å². The topological polar surface area (TPSA) is 63.0 Å². The molecule has 5 heteroatoms. The van der Waals surface area contributed by atoms with Gasteiger partial charge in [0.05, 0.1) is 6.54 Å². The maximum atomic E-state index is 4.98. The molecular weight excluding hydrogens is 192 g/mol. The van der Waals surface area contributed by atoms with Gasteiger partial charge < -0.3 is 15.2 Å². The summed E-state index contributed by atoms with van der Waals surface area (Å²) in [7, 11) is 0. The fraction of sp³-hybridized carbons (Fsp3) is 0.800. The zero-order valence-corrected chi connectivity index (χ0v) is 9.12.